The van der Waals surface area contributed by atoms with Gasteiger partial charge in [-0.2, -0.15) is 0 Å². The fraction of sp³-hybridized carbons (Fsp3) is 0.167. The fourth-order valence-electron chi connectivity index (χ4n) is 0.594. The number of aromatic nitrogens is 2. The number of hydrogen-bond donors (Lipinski definition) is 1. The zero-order chi connectivity index (χ0) is 9.14. The molecule has 0 spiro atoms. The van der Waals surface area contributed by atoms with E-state index in [9.17, 15) is 4.79 Å². The summed E-state index contributed by atoms with van der Waals surface area (Å²) in [7, 11) is 0. The van der Waals surface area contributed by atoms with E-state index in [1.54, 1.807) is 6.92 Å². The quantitative estimate of drug-likeness (QED) is 0.534. The van der Waals surface area contributed by atoms with Crippen LogP contribution in [0.3, 0.4) is 0 Å². The maximum Gasteiger partial charge on any atom is 0.511 e. The smallest absolute Gasteiger partial charge is 0.449 e. The molecule has 1 rings (SSSR count). The molecule has 0 aliphatic carbocycles. The summed E-state index contributed by atoms with van der Waals surface area (Å²) in [5.41, 5.74) is 0. The molecule has 0 aliphatic rings. The molecule has 0 fully saturated rings. The number of carboxylic acid groups (broad SMARTS) is 1. The topological polar surface area (TPSA) is 72.3 Å². The fourth-order valence-corrected chi connectivity index (χ4v) is 0.804. The summed E-state index contributed by atoms with van der Waals surface area (Å²) < 4.78 is 4.26. The zero-order valence-corrected chi connectivity index (χ0v) is 6.87. The van der Waals surface area contributed by atoms with Crippen molar-refractivity contribution in [2.45, 2.75) is 6.92 Å². The Kier molecular flexibility index (Phi) is 2.44. The highest BCUT2D eigenvalue weighted by Crippen LogP contribution is 2.19. The van der Waals surface area contributed by atoms with Gasteiger partial charge in [-0.1, -0.05) is 11.6 Å². The van der Waals surface area contributed by atoms with Gasteiger partial charge in [0.25, 0.3) is 0 Å². The number of hydrogen-bond acceptors (Lipinski definition) is 4. The summed E-state index contributed by atoms with van der Waals surface area (Å²) in [6, 6.07) is 0. The third-order valence-corrected chi connectivity index (χ3v) is 1.30. The maximum absolute atomic E-state index is 10.1. The first-order chi connectivity index (χ1) is 5.59. The van der Waals surface area contributed by atoms with E-state index in [1.807, 2.05) is 0 Å². The number of halogens is 1. The molecule has 1 aromatic heterocycles. The van der Waals surface area contributed by atoms with Crippen molar-refractivity contribution in [3.63, 3.8) is 0 Å². The lowest BCUT2D eigenvalue weighted by Crippen LogP contribution is -2.04. The molecule has 0 aromatic carbocycles. The summed E-state index contributed by atoms with van der Waals surface area (Å²) >= 11 is 5.53. The predicted molar refractivity (Wildman–Crippen MR) is 40.4 cm³/mol. The van der Waals surface area contributed by atoms with Crippen LogP contribution in [0.4, 0.5) is 4.79 Å². The molecule has 0 bridgehead atoms. The molecule has 64 valence electrons. The first kappa shape index (κ1) is 8.73. The lowest BCUT2D eigenvalue weighted by atomic mass is 10.5. The molecule has 1 aromatic rings. The number of ether oxygens (including phenoxy) is 1. The van der Waals surface area contributed by atoms with Gasteiger partial charge in [0, 0.05) is 0 Å². The Hall–Kier alpha value is -1.36. The molecule has 6 heteroatoms. The molecule has 0 amide bonds. The minimum absolute atomic E-state index is 0.00935. The Morgan fingerprint density at radius 3 is 2.92 bits per heavy atom. The van der Waals surface area contributed by atoms with Crippen LogP contribution >= 0.6 is 11.6 Å². The van der Waals surface area contributed by atoms with Gasteiger partial charge in [-0.25, -0.2) is 14.8 Å². The summed E-state index contributed by atoms with van der Waals surface area (Å²) in [5.74, 6) is 0.396. The van der Waals surface area contributed by atoms with Crippen molar-refractivity contribution in [2.75, 3.05) is 0 Å². The second kappa shape index (κ2) is 3.36. The second-order valence-electron chi connectivity index (χ2n) is 1.94. The molecule has 0 atom stereocenters. The monoisotopic (exact) mass is 188 g/mol. The number of carbonyl (C=O) groups is 1. The van der Waals surface area contributed by atoms with Crippen molar-refractivity contribution in [1.82, 2.24) is 9.97 Å². The van der Waals surface area contributed by atoms with Gasteiger partial charge >= 0.3 is 6.16 Å². The standard InChI is InChI=1S/C6H5ClN2O3/c1-3-8-2-4(5(7)9-3)12-6(10)11/h2H,1H3,(H,10,11). The minimum atomic E-state index is -1.44. The largest absolute Gasteiger partial charge is 0.511 e. The minimum Gasteiger partial charge on any atom is -0.449 e. The van der Waals surface area contributed by atoms with Crippen molar-refractivity contribution in [2.24, 2.45) is 0 Å². The van der Waals surface area contributed by atoms with Crippen LogP contribution in [0.2, 0.25) is 5.15 Å². The highest BCUT2D eigenvalue weighted by Gasteiger charge is 2.07. The summed E-state index contributed by atoms with van der Waals surface area (Å²) in [5, 5.41) is 8.21. The van der Waals surface area contributed by atoms with E-state index in [2.05, 4.69) is 14.7 Å². The second-order valence-corrected chi connectivity index (χ2v) is 2.30. The van der Waals surface area contributed by atoms with Crippen LogP contribution in [-0.2, 0) is 0 Å². The van der Waals surface area contributed by atoms with Gasteiger partial charge in [-0.05, 0) is 6.92 Å². The third kappa shape index (κ3) is 2.06. The third-order valence-electron chi connectivity index (χ3n) is 1.03. The van der Waals surface area contributed by atoms with Crippen LogP contribution in [0.15, 0.2) is 6.20 Å². The Labute approximate surface area is 73.0 Å². The average molecular weight is 189 g/mol. The molecule has 1 N–H and O–H groups in total. The van der Waals surface area contributed by atoms with Gasteiger partial charge in [-0.3, -0.25) is 0 Å². The predicted octanol–water partition coefficient (Wildman–Crippen LogP) is 1.50. The first-order valence-electron chi connectivity index (χ1n) is 2.99. The highest BCUT2D eigenvalue weighted by atomic mass is 35.5. The normalized spacial score (nSPS) is 9.50. The molecule has 12 heavy (non-hydrogen) atoms. The number of rotatable bonds is 1. The van der Waals surface area contributed by atoms with Crippen LogP contribution in [0.25, 0.3) is 0 Å². The van der Waals surface area contributed by atoms with E-state index in [0.29, 0.717) is 5.82 Å². The van der Waals surface area contributed by atoms with Crippen molar-refractivity contribution in [1.29, 1.82) is 0 Å². The number of aryl methyl sites for hydroxylation is 1. The van der Waals surface area contributed by atoms with E-state index in [-0.39, 0.29) is 10.9 Å². The molecule has 0 saturated heterocycles. The molecule has 0 aliphatic heterocycles. The molecule has 0 saturated carbocycles. The van der Waals surface area contributed by atoms with Gasteiger partial charge in [-0.15, -0.1) is 0 Å². The number of nitrogens with zero attached hydrogens (tertiary/aromatic N) is 2. The van der Waals surface area contributed by atoms with E-state index >= 15 is 0 Å². The van der Waals surface area contributed by atoms with Crippen LogP contribution in [0, 0.1) is 6.92 Å². The van der Waals surface area contributed by atoms with Gasteiger partial charge in [0.1, 0.15) is 5.82 Å². The van der Waals surface area contributed by atoms with Crippen LogP contribution in [0.5, 0.6) is 5.75 Å². The van der Waals surface area contributed by atoms with E-state index < -0.39 is 6.16 Å². The summed E-state index contributed by atoms with van der Waals surface area (Å²) in [4.78, 5) is 17.5. The Morgan fingerprint density at radius 2 is 2.42 bits per heavy atom. The maximum atomic E-state index is 10.1. The lowest BCUT2D eigenvalue weighted by molar-refractivity contribution is 0.144. The molecule has 1 heterocycles. The molecular formula is C6H5ClN2O3. The van der Waals surface area contributed by atoms with Crippen LogP contribution in [-0.4, -0.2) is 21.2 Å². The van der Waals surface area contributed by atoms with E-state index in [1.165, 1.54) is 6.20 Å². The van der Waals surface area contributed by atoms with Crippen LogP contribution < -0.4 is 4.74 Å². The average Bonchev–Trinajstić information content (AvgIpc) is 1.94. The molecule has 0 radical (unpaired) electrons. The first-order valence-corrected chi connectivity index (χ1v) is 3.37. The van der Waals surface area contributed by atoms with Crippen molar-refractivity contribution in [3.05, 3.63) is 17.2 Å². The Balaban J connectivity index is 2.93. The van der Waals surface area contributed by atoms with Crippen molar-refractivity contribution in [3.8, 4) is 5.75 Å². The van der Waals surface area contributed by atoms with E-state index in [4.69, 9.17) is 16.7 Å². The van der Waals surface area contributed by atoms with E-state index in [0.717, 1.165) is 0 Å². The summed E-state index contributed by atoms with van der Waals surface area (Å²) in [6.45, 7) is 1.64. The zero-order valence-electron chi connectivity index (χ0n) is 6.11. The molecule has 0 unspecified atom stereocenters. The Bertz CT molecular complexity index is 316. The van der Waals surface area contributed by atoms with Crippen molar-refractivity contribution >= 4 is 17.8 Å². The SMILES string of the molecule is Cc1ncc(OC(=O)O)c(Cl)n1. The van der Waals surface area contributed by atoms with Crippen molar-refractivity contribution < 1.29 is 14.6 Å². The molecular weight excluding hydrogens is 184 g/mol. The van der Waals surface area contributed by atoms with Gasteiger partial charge < -0.3 is 9.84 Å². The highest BCUT2D eigenvalue weighted by molar-refractivity contribution is 6.30. The van der Waals surface area contributed by atoms with Gasteiger partial charge in [0.2, 0.25) is 0 Å². The lowest BCUT2D eigenvalue weighted by Gasteiger charge is -2.00. The Morgan fingerprint density at radius 1 is 1.75 bits per heavy atom. The van der Waals surface area contributed by atoms with Gasteiger partial charge in [0.15, 0.2) is 10.9 Å². The van der Waals surface area contributed by atoms with Gasteiger partial charge in [0.05, 0.1) is 6.20 Å². The molecule has 5 nitrogen and oxygen atoms in total. The van der Waals surface area contributed by atoms with Crippen LogP contribution in [0.1, 0.15) is 5.82 Å². The summed E-state index contributed by atoms with van der Waals surface area (Å²) in [6.07, 6.45) is -0.233.